The zero-order valence-electron chi connectivity index (χ0n) is 6.48. The topological polar surface area (TPSA) is 113 Å². The Hall–Kier alpha value is -2.18. The van der Waals surface area contributed by atoms with Crippen molar-refractivity contribution in [2.24, 2.45) is 0 Å². The smallest absolute Gasteiger partial charge is 0.253 e. The lowest BCUT2D eigenvalue weighted by Crippen LogP contribution is -2.10. The first-order valence-electron chi connectivity index (χ1n) is 3.48. The summed E-state index contributed by atoms with van der Waals surface area (Å²) in [4.78, 5) is 21.1. The van der Waals surface area contributed by atoms with Gasteiger partial charge in [-0.15, -0.1) is 0 Å². The van der Waals surface area contributed by atoms with Gasteiger partial charge in [0, 0.05) is 6.07 Å². The SMILES string of the molecule is Nc1cc(=O)[nH]c(-c2ncn[nH]2)n1. The average molecular weight is 178 g/mol. The number of aromatic nitrogens is 5. The van der Waals surface area contributed by atoms with Crippen molar-refractivity contribution in [1.29, 1.82) is 0 Å². The van der Waals surface area contributed by atoms with Crippen LogP contribution in [-0.2, 0) is 0 Å². The summed E-state index contributed by atoms with van der Waals surface area (Å²) in [5.41, 5.74) is 5.05. The molecule has 0 saturated carbocycles. The highest BCUT2D eigenvalue weighted by Crippen LogP contribution is 2.04. The number of hydrogen-bond acceptors (Lipinski definition) is 5. The molecule has 0 atom stereocenters. The van der Waals surface area contributed by atoms with Gasteiger partial charge in [-0.05, 0) is 0 Å². The fourth-order valence-electron chi connectivity index (χ4n) is 0.908. The van der Waals surface area contributed by atoms with Crippen LogP contribution in [0.15, 0.2) is 17.2 Å². The number of nitrogens with zero attached hydrogens (tertiary/aromatic N) is 3. The lowest BCUT2D eigenvalue weighted by molar-refractivity contribution is 1.05. The van der Waals surface area contributed by atoms with Gasteiger partial charge in [0.15, 0.2) is 11.6 Å². The Morgan fingerprint density at radius 2 is 2.23 bits per heavy atom. The molecule has 7 heteroatoms. The van der Waals surface area contributed by atoms with Crippen LogP contribution in [0.2, 0.25) is 0 Å². The van der Waals surface area contributed by atoms with Gasteiger partial charge >= 0.3 is 0 Å². The quantitative estimate of drug-likeness (QED) is 0.525. The summed E-state index contributed by atoms with van der Waals surface area (Å²) in [6.07, 6.45) is 1.32. The minimum absolute atomic E-state index is 0.148. The highest BCUT2D eigenvalue weighted by Gasteiger charge is 2.03. The van der Waals surface area contributed by atoms with Crippen LogP contribution in [0.3, 0.4) is 0 Å². The summed E-state index contributed by atoms with van der Waals surface area (Å²) >= 11 is 0. The Balaban J connectivity index is 2.59. The maximum atomic E-state index is 11.0. The monoisotopic (exact) mass is 178 g/mol. The third kappa shape index (κ3) is 1.39. The number of nitrogens with one attached hydrogen (secondary N) is 2. The fourth-order valence-corrected chi connectivity index (χ4v) is 0.908. The van der Waals surface area contributed by atoms with Crippen LogP contribution in [0.5, 0.6) is 0 Å². The Bertz CT molecular complexity index is 458. The number of hydrogen-bond donors (Lipinski definition) is 3. The molecule has 0 saturated heterocycles. The maximum Gasteiger partial charge on any atom is 0.253 e. The Kier molecular flexibility index (Phi) is 1.55. The zero-order chi connectivity index (χ0) is 9.26. The molecule has 7 nitrogen and oxygen atoms in total. The molecule has 2 rings (SSSR count). The second-order valence-electron chi connectivity index (χ2n) is 2.35. The van der Waals surface area contributed by atoms with Crippen molar-refractivity contribution in [3.05, 3.63) is 22.7 Å². The molecule has 0 aliphatic rings. The Morgan fingerprint density at radius 3 is 2.85 bits per heavy atom. The molecule has 2 aromatic rings. The van der Waals surface area contributed by atoms with Gasteiger partial charge < -0.3 is 10.7 Å². The molecule has 0 amide bonds. The average Bonchev–Trinajstić information content (AvgIpc) is 2.53. The molecule has 0 aromatic carbocycles. The van der Waals surface area contributed by atoms with Gasteiger partial charge in [0.1, 0.15) is 12.1 Å². The van der Waals surface area contributed by atoms with Crippen LogP contribution in [0.25, 0.3) is 11.6 Å². The van der Waals surface area contributed by atoms with Gasteiger partial charge in [0.25, 0.3) is 5.56 Å². The molecule has 13 heavy (non-hydrogen) atoms. The van der Waals surface area contributed by atoms with Gasteiger partial charge in [-0.2, -0.15) is 5.10 Å². The molecular formula is C6H6N6O. The third-order valence-corrected chi connectivity index (χ3v) is 1.40. The summed E-state index contributed by atoms with van der Waals surface area (Å²) in [5, 5.41) is 6.18. The predicted molar refractivity (Wildman–Crippen MR) is 44.6 cm³/mol. The van der Waals surface area contributed by atoms with Crippen molar-refractivity contribution in [3.63, 3.8) is 0 Å². The minimum Gasteiger partial charge on any atom is -0.383 e. The van der Waals surface area contributed by atoms with Crippen molar-refractivity contribution in [2.45, 2.75) is 0 Å². The van der Waals surface area contributed by atoms with Gasteiger partial charge in [0.2, 0.25) is 0 Å². The Labute approximate surface area is 72.0 Å². The highest BCUT2D eigenvalue weighted by molar-refractivity contribution is 5.44. The van der Waals surface area contributed by atoms with Crippen molar-refractivity contribution >= 4 is 5.82 Å². The van der Waals surface area contributed by atoms with Crippen LogP contribution in [0, 0.1) is 0 Å². The first kappa shape index (κ1) is 7.47. The number of anilines is 1. The third-order valence-electron chi connectivity index (χ3n) is 1.40. The zero-order valence-corrected chi connectivity index (χ0v) is 6.48. The van der Waals surface area contributed by atoms with Crippen LogP contribution in [0.4, 0.5) is 5.82 Å². The summed E-state index contributed by atoms with van der Waals surface area (Å²) < 4.78 is 0. The number of nitrogen functional groups attached to an aromatic ring is 1. The molecule has 4 N–H and O–H groups in total. The largest absolute Gasteiger partial charge is 0.383 e. The first-order chi connectivity index (χ1) is 6.25. The van der Waals surface area contributed by atoms with E-state index in [1.54, 1.807) is 0 Å². The van der Waals surface area contributed by atoms with E-state index in [4.69, 9.17) is 5.73 Å². The predicted octanol–water partition coefficient (Wildman–Crippen LogP) is -0.863. The highest BCUT2D eigenvalue weighted by atomic mass is 16.1. The number of aromatic amines is 2. The summed E-state index contributed by atoms with van der Waals surface area (Å²) in [5.74, 6) is 0.807. The van der Waals surface area contributed by atoms with Crippen LogP contribution in [-0.4, -0.2) is 25.1 Å². The number of H-pyrrole nitrogens is 2. The van der Waals surface area contributed by atoms with E-state index >= 15 is 0 Å². The van der Waals surface area contributed by atoms with Gasteiger partial charge in [-0.25, -0.2) is 9.97 Å². The van der Waals surface area contributed by atoms with E-state index in [2.05, 4.69) is 25.1 Å². The molecular weight excluding hydrogens is 172 g/mol. The molecule has 0 radical (unpaired) electrons. The minimum atomic E-state index is -0.320. The van der Waals surface area contributed by atoms with E-state index in [9.17, 15) is 4.79 Å². The molecule has 2 aromatic heterocycles. The standard InChI is InChI=1S/C6H6N6O/c7-3-1-4(13)11-6(10-3)5-8-2-9-12-5/h1-2H,(H,8,9,12)(H3,7,10,11,13). The molecule has 0 spiro atoms. The van der Waals surface area contributed by atoms with Crippen molar-refractivity contribution < 1.29 is 0 Å². The molecule has 0 bridgehead atoms. The van der Waals surface area contributed by atoms with Crippen molar-refractivity contribution in [1.82, 2.24) is 25.1 Å². The van der Waals surface area contributed by atoms with E-state index in [0.29, 0.717) is 5.82 Å². The van der Waals surface area contributed by atoms with E-state index in [1.807, 2.05) is 0 Å². The van der Waals surface area contributed by atoms with E-state index in [1.165, 1.54) is 12.4 Å². The van der Waals surface area contributed by atoms with Gasteiger partial charge in [-0.1, -0.05) is 0 Å². The van der Waals surface area contributed by atoms with Crippen LogP contribution in [0.1, 0.15) is 0 Å². The van der Waals surface area contributed by atoms with Crippen molar-refractivity contribution in [2.75, 3.05) is 5.73 Å². The maximum absolute atomic E-state index is 11.0. The lowest BCUT2D eigenvalue weighted by atomic mass is 10.5. The second kappa shape index (κ2) is 2.70. The summed E-state index contributed by atoms with van der Waals surface area (Å²) in [6, 6.07) is 1.19. The van der Waals surface area contributed by atoms with Gasteiger partial charge in [0.05, 0.1) is 0 Å². The van der Waals surface area contributed by atoms with E-state index in [-0.39, 0.29) is 17.2 Å². The molecule has 0 aliphatic carbocycles. The van der Waals surface area contributed by atoms with Crippen LogP contribution < -0.4 is 11.3 Å². The normalized spacial score (nSPS) is 10.2. The number of rotatable bonds is 1. The van der Waals surface area contributed by atoms with E-state index in [0.717, 1.165) is 0 Å². The summed E-state index contributed by atoms with van der Waals surface area (Å²) in [7, 11) is 0. The molecule has 0 aliphatic heterocycles. The first-order valence-corrected chi connectivity index (χ1v) is 3.48. The molecule has 0 unspecified atom stereocenters. The van der Waals surface area contributed by atoms with Crippen LogP contribution >= 0.6 is 0 Å². The fraction of sp³-hybridized carbons (Fsp3) is 0. The van der Waals surface area contributed by atoms with Gasteiger partial charge in [-0.3, -0.25) is 9.89 Å². The summed E-state index contributed by atoms with van der Waals surface area (Å²) in [6.45, 7) is 0. The number of nitrogens with two attached hydrogens (primary N) is 1. The van der Waals surface area contributed by atoms with Crippen molar-refractivity contribution in [3.8, 4) is 11.6 Å². The molecule has 0 fully saturated rings. The molecule has 2 heterocycles. The second-order valence-corrected chi connectivity index (χ2v) is 2.35. The van der Waals surface area contributed by atoms with E-state index < -0.39 is 0 Å². The Morgan fingerprint density at radius 1 is 1.38 bits per heavy atom. The molecule has 66 valence electrons. The lowest BCUT2D eigenvalue weighted by Gasteiger charge is -1.95.